The Morgan fingerprint density at radius 1 is 1.07 bits per heavy atom. The first-order valence-corrected chi connectivity index (χ1v) is 10.3. The molecular weight excluding hydrogens is 384 g/mol. The molecule has 1 aliphatic rings. The lowest BCUT2D eigenvalue weighted by Gasteiger charge is -2.33. The average molecular weight is 402 g/mol. The molecule has 2 aromatic carbocycles. The van der Waals surface area contributed by atoms with Crippen molar-refractivity contribution in [1.29, 1.82) is 0 Å². The number of hydrogen-bond acceptors (Lipinski definition) is 5. The van der Waals surface area contributed by atoms with Gasteiger partial charge in [-0.1, -0.05) is 42.5 Å². The summed E-state index contributed by atoms with van der Waals surface area (Å²) < 4.78 is 8.18. The third-order valence-electron chi connectivity index (χ3n) is 5.50. The number of rotatable bonds is 3. The summed E-state index contributed by atoms with van der Waals surface area (Å²) >= 11 is 1.42. The number of nitrogens with zero attached hydrogens (tertiary/aromatic N) is 2. The Labute approximate surface area is 171 Å². The Hall–Kier alpha value is -3.25. The fraction of sp³-hybridized carbons (Fsp3) is 0.174. The maximum absolute atomic E-state index is 13.4. The van der Waals surface area contributed by atoms with Crippen molar-refractivity contribution in [2.75, 3.05) is 0 Å². The molecule has 0 spiro atoms. The van der Waals surface area contributed by atoms with Crippen LogP contribution in [0, 0.1) is 12.8 Å². The van der Waals surface area contributed by atoms with Crippen LogP contribution < -0.4 is 10.3 Å². The summed E-state index contributed by atoms with van der Waals surface area (Å²) in [5, 5.41) is 1.90. The zero-order valence-electron chi connectivity index (χ0n) is 15.7. The lowest BCUT2D eigenvalue weighted by atomic mass is 9.81. The number of ketones is 1. The minimum Gasteiger partial charge on any atom is -0.484 e. The Morgan fingerprint density at radius 3 is 2.66 bits per heavy atom. The van der Waals surface area contributed by atoms with E-state index in [1.165, 1.54) is 11.3 Å². The highest BCUT2D eigenvalue weighted by Crippen LogP contribution is 2.40. The van der Waals surface area contributed by atoms with Crippen molar-refractivity contribution >= 4 is 22.1 Å². The van der Waals surface area contributed by atoms with E-state index in [4.69, 9.17) is 4.74 Å². The molecule has 5 nitrogen and oxygen atoms in total. The highest BCUT2D eigenvalue weighted by atomic mass is 32.1. The van der Waals surface area contributed by atoms with Crippen LogP contribution in [0.15, 0.2) is 71.0 Å². The molecule has 0 bridgehead atoms. The fourth-order valence-electron chi connectivity index (χ4n) is 3.99. The number of ether oxygens (including phenoxy) is 1. The number of carbonyl (C=O) groups excluding carboxylic acids is 1. The predicted octanol–water partition coefficient (Wildman–Crippen LogP) is 4.24. The van der Waals surface area contributed by atoms with Gasteiger partial charge in [-0.2, -0.15) is 4.98 Å². The number of hydrogen-bond donors (Lipinski definition) is 0. The maximum atomic E-state index is 13.4. The first-order chi connectivity index (χ1) is 14.1. The summed E-state index contributed by atoms with van der Waals surface area (Å²) in [7, 11) is 0. The largest absolute Gasteiger partial charge is 0.484 e. The minimum absolute atomic E-state index is 0.00470. The second-order valence-electron chi connectivity index (χ2n) is 7.16. The third kappa shape index (κ3) is 2.96. The van der Waals surface area contributed by atoms with Gasteiger partial charge in [-0.25, -0.2) is 0 Å². The molecule has 0 unspecified atom stereocenters. The van der Waals surface area contributed by atoms with Crippen LogP contribution in [-0.4, -0.2) is 15.2 Å². The van der Waals surface area contributed by atoms with E-state index < -0.39 is 12.0 Å². The molecular formula is C23H18N2O3S. The number of thiazole rings is 1. The lowest BCUT2D eigenvalue weighted by molar-refractivity contribution is 0.0654. The van der Waals surface area contributed by atoms with Crippen molar-refractivity contribution in [2.45, 2.75) is 19.4 Å². The molecule has 0 fully saturated rings. The highest BCUT2D eigenvalue weighted by Gasteiger charge is 2.39. The molecule has 1 aliphatic heterocycles. The average Bonchev–Trinajstić information content (AvgIpc) is 3.21. The number of benzene rings is 2. The third-order valence-corrected chi connectivity index (χ3v) is 6.26. The van der Waals surface area contributed by atoms with Gasteiger partial charge in [0.05, 0.1) is 11.5 Å². The van der Waals surface area contributed by atoms with Crippen LogP contribution in [0.4, 0.5) is 0 Å². The summed E-state index contributed by atoms with van der Waals surface area (Å²) in [5.74, 6) is 0.0783. The van der Waals surface area contributed by atoms with Crippen molar-refractivity contribution in [2.24, 2.45) is 5.92 Å². The molecule has 29 heavy (non-hydrogen) atoms. The molecule has 0 amide bonds. The quantitative estimate of drug-likeness (QED) is 0.514. The van der Waals surface area contributed by atoms with Gasteiger partial charge >= 0.3 is 0 Å². The molecule has 144 valence electrons. The van der Waals surface area contributed by atoms with E-state index in [9.17, 15) is 9.59 Å². The Balaban J connectivity index is 1.63. The summed E-state index contributed by atoms with van der Waals surface area (Å²) in [5.41, 5.74) is 2.58. The van der Waals surface area contributed by atoms with Crippen molar-refractivity contribution in [3.63, 3.8) is 0 Å². The van der Waals surface area contributed by atoms with Crippen LogP contribution in [0.1, 0.15) is 33.3 Å². The Bertz CT molecular complexity index is 1280. The van der Waals surface area contributed by atoms with Crippen molar-refractivity contribution in [1.82, 2.24) is 9.38 Å². The lowest BCUT2D eigenvalue weighted by Crippen LogP contribution is -2.35. The molecule has 6 heteroatoms. The van der Waals surface area contributed by atoms with E-state index in [-0.39, 0.29) is 17.8 Å². The molecule has 0 saturated heterocycles. The fourth-order valence-corrected chi connectivity index (χ4v) is 4.74. The zero-order valence-corrected chi connectivity index (χ0v) is 16.6. The van der Waals surface area contributed by atoms with Gasteiger partial charge in [0.25, 0.3) is 5.56 Å². The molecule has 0 aliphatic carbocycles. The molecule has 2 aromatic heterocycles. The van der Waals surface area contributed by atoms with Gasteiger partial charge in [0, 0.05) is 22.8 Å². The molecule has 3 heterocycles. The zero-order chi connectivity index (χ0) is 20.0. The van der Waals surface area contributed by atoms with Crippen LogP contribution in [0.5, 0.6) is 5.75 Å². The van der Waals surface area contributed by atoms with Gasteiger partial charge in [0.2, 0.25) is 0 Å². The number of aromatic nitrogens is 2. The number of aryl methyl sites for hydroxylation is 1. The molecule has 5 rings (SSSR count). The normalized spacial score (nSPS) is 18.4. The summed E-state index contributed by atoms with van der Waals surface area (Å²) in [4.78, 5) is 31.0. The monoisotopic (exact) mass is 402 g/mol. The minimum atomic E-state index is -0.503. The smallest absolute Gasteiger partial charge is 0.277 e. The second-order valence-corrected chi connectivity index (χ2v) is 8.03. The van der Waals surface area contributed by atoms with Gasteiger partial charge in [-0.3, -0.25) is 14.0 Å². The maximum Gasteiger partial charge on any atom is 0.277 e. The first kappa shape index (κ1) is 17.8. The topological polar surface area (TPSA) is 60.7 Å². The first-order valence-electron chi connectivity index (χ1n) is 9.43. The van der Waals surface area contributed by atoms with Gasteiger partial charge < -0.3 is 4.74 Å². The van der Waals surface area contributed by atoms with Crippen LogP contribution in [-0.2, 0) is 6.42 Å². The molecule has 0 saturated carbocycles. The van der Waals surface area contributed by atoms with E-state index >= 15 is 0 Å². The number of para-hydroxylation sites is 1. The van der Waals surface area contributed by atoms with Crippen LogP contribution in [0.2, 0.25) is 0 Å². The molecule has 0 radical (unpaired) electrons. The van der Waals surface area contributed by atoms with Crippen LogP contribution >= 0.6 is 11.3 Å². The van der Waals surface area contributed by atoms with E-state index in [1.54, 1.807) is 6.07 Å². The van der Waals surface area contributed by atoms with E-state index in [0.717, 1.165) is 11.3 Å². The van der Waals surface area contributed by atoms with E-state index in [2.05, 4.69) is 4.98 Å². The van der Waals surface area contributed by atoms with Crippen molar-refractivity contribution < 1.29 is 9.53 Å². The predicted molar refractivity (Wildman–Crippen MR) is 112 cm³/mol. The summed E-state index contributed by atoms with van der Waals surface area (Å²) in [6.07, 6.45) is 1.72. The molecule has 0 N–H and O–H groups in total. The molecule has 4 aromatic rings. The number of carbonyl (C=O) groups is 1. The van der Waals surface area contributed by atoms with E-state index in [1.807, 2.05) is 71.4 Å². The number of fused-ring (bicyclic) bond motifs is 2. The molecule has 2 atom stereocenters. The second kappa shape index (κ2) is 6.97. The Kier molecular flexibility index (Phi) is 4.28. The van der Waals surface area contributed by atoms with Crippen molar-refractivity contribution in [3.8, 4) is 5.75 Å². The number of Topliss-reactive ketones (excluding diaryl/α,β-unsaturated/α-hetero) is 1. The van der Waals surface area contributed by atoms with Crippen LogP contribution in [0.25, 0.3) is 4.96 Å². The standard InChI is InChI=1S/C23H18N2O3S/c1-14-17(22(27)24-23-25(14)11-12-29-23)13-18-20(26)16-9-5-6-10-19(16)28-21(18)15-7-3-2-4-8-15/h2-12,18,21H,13H2,1H3/t18-,21+/m0/s1. The van der Waals surface area contributed by atoms with E-state index in [0.29, 0.717) is 21.8 Å². The van der Waals surface area contributed by atoms with Gasteiger partial charge in [0.1, 0.15) is 11.9 Å². The van der Waals surface area contributed by atoms with Crippen molar-refractivity contribution in [3.05, 3.63) is 98.9 Å². The highest BCUT2D eigenvalue weighted by molar-refractivity contribution is 7.15. The van der Waals surface area contributed by atoms with Gasteiger partial charge in [-0.15, -0.1) is 11.3 Å². The van der Waals surface area contributed by atoms with Gasteiger partial charge in [-0.05, 0) is 31.0 Å². The van der Waals surface area contributed by atoms with Crippen LogP contribution in [0.3, 0.4) is 0 Å². The summed E-state index contributed by atoms with van der Waals surface area (Å²) in [6.45, 7) is 1.90. The SMILES string of the molecule is Cc1c(C[C@H]2C(=O)c3ccccc3O[C@@H]2c2ccccc2)c(=O)nc2sccn12. The Morgan fingerprint density at radius 2 is 1.83 bits per heavy atom. The summed E-state index contributed by atoms with van der Waals surface area (Å²) in [6, 6.07) is 17.0. The van der Waals surface area contributed by atoms with Gasteiger partial charge in [0.15, 0.2) is 10.7 Å².